The van der Waals surface area contributed by atoms with Gasteiger partial charge in [0.1, 0.15) is 0 Å². The maximum atomic E-state index is 12.6. The van der Waals surface area contributed by atoms with Crippen LogP contribution in [0.1, 0.15) is 27.9 Å². The van der Waals surface area contributed by atoms with E-state index in [1.807, 2.05) is 42.5 Å². The fourth-order valence-corrected chi connectivity index (χ4v) is 2.71. The SMILES string of the molecule is O=C(Cc1ccccc1)c1c[nH]c2ccc(CCCO)cc12. The molecule has 0 saturated heterocycles. The second-order valence-electron chi connectivity index (χ2n) is 5.49. The molecule has 0 aliphatic rings. The molecule has 0 unspecified atom stereocenters. The summed E-state index contributed by atoms with van der Waals surface area (Å²) < 4.78 is 0. The van der Waals surface area contributed by atoms with E-state index >= 15 is 0 Å². The third-order valence-corrected chi connectivity index (χ3v) is 3.88. The van der Waals surface area contributed by atoms with E-state index < -0.39 is 0 Å². The number of H-pyrrole nitrogens is 1. The molecule has 2 N–H and O–H groups in total. The molecule has 112 valence electrons. The Labute approximate surface area is 129 Å². The standard InChI is InChI=1S/C19H19NO2/c21-10-4-7-15-8-9-18-16(11-15)17(13-20-18)19(22)12-14-5-2-1-3-6-14/h1-3,5-6,8-9,11,13,20-21H,4,7,10,12H2. The van der Waals surface area contributed by atoms with E-state index in [0.29, 0.717) is 6.42 Å². The molecule has 0 amide bonds. The number of benzene rings is 2. The van der Waals surface area contributed by atoms with E-state index in [2.05, 4.69) is 11.1 Å². The second-order valence-corrected chi connectivity index (χ2v) is 5.49. The van der Waals surface area contributed by atoms with Gasteiger partial charge in [-0.3, -0.25) is 4.79 Å². The number of ketones is 1. The van der Waals surface area contributed by atoms with Crippen molar-refractivity contribution in [2.24, 2.45) is 0 Å². The summed E-state index contributed by atoms with van der Waals surface area (Å²) in [5.74, 6) is 0.122. The highest BCUT2D eigenvalue weighted by Gasteiger charge is 2.13. The highest BCUT2D eigenvalue weighted by molar-refractivity contribution is 6.08. The van der Waals surface area contributed by atoms with Gasteiger partial charge in [0.05, 0.1) is 0 Å². The summed E-state index contributed by atoms with van der Waals surface area (Å²) in [6.07, 6.45) is 3.77. The van der Waals surface area contributed by atoms with Crippen molar-refractivity contribution in [1.29, 1.82) is 0 Å². The lowest BCUT2D eigenvalue weighted by molar-refractivity contribution is 0.0994. The number of aliphatic hydroxyl groups excluding tert-OH is 1. The summed E-state index contributed by atoms with van der Waals surface area (Å²) in [5, 5.41) is 9.92. The second kappa shape index (κ2) is 6.58. The van der Waals surface area contributed by atoms with Gasteiger partial charge in [0, 0.05) is 35.7 Å². The van der Waals surface area contributed by atoms with Crippen LogP contribution in [0.25, 0.3) is 10.9 Å². The lowest BCUT2D eigenvalue weighted by Crippen LogP contribution is -2.02. The smallest absolute Gasteiger partial charge is 0.169 e. The molecule has 0 spiro atoms. The summed E-state index contributed by atoms with van der Waals surface area (Å²) in [5.41, 5.74) is 3.89. The Kier molecular flexibility index (Phi) is 4.35. The van der Waals surface area contributed by atoms with E-state index in [1.54, 1.807) is 6.20 Å². The molecule has 0 aliphatic heterocycles. The van der Waals surface area contributed by atoms with Crippen molar-refractivity contribution in [3.63, 3.8) is 0 Å². The fourth-order valence-electron chi connectivity index (χ4n) is 2.71. The van der Waals surface area contributed by atoms with E-state index in [0.717, 1.165) is 40.4 Å². The van der Waals surface area contributed by atoms with Crippen LogP contribution in [0.2, 0.25) is 0 Å². The lowest BCUT2D eigenvalue weighted by Gasteiger charge is -2.03. The third kappa shape index (κ3) is 3.10. The van der Waals surface area contributed by atoms with Crippen molar-refractivity contribution in [3.05, 3.63) is 71.4 Å². The van der Waals surface area contributed by atoms with Gasteiger partial charge in [-0.05, 0) is 36.1 Å². The molecule has 0 bridgehead atoms. The number of hydrogen-bond donors (Lipinski definition) is 2. The van der Waals surface area contributed by atoms with Gasteiger partial charge in [-0.15, -0.1) is 0 Å². The Hall–Kier alpha value is -2.39. The number of aliphatic hydroxyl groups is 1. The number of aromatic nitrogens is 1. The number of nitrogens with one attached hydrogen (secondary N) is 1. The normalized spacial score (nSPS) is 11.0. The van der Waals surface area contributed by atoms with Crippen LogP contribution in [0.15, 0.2) is 54.7 Å². The zero-order valence-corrected chi connectivity index (χ0v) is 12.4. The maximum absolute atomic E-state index is 12.6. The number of hydrogen-bond acceptors (Lipinski definition) is 2. The topological polar surface area (TPSA) is 53.1 Å². The monoisotopic (exact) mass is 293 g/mol. The molecule has 0 saturated carbocycles. The van der Waals surface area contributed by atoms with Gasteiger partial charge in [-0.25, -0.2) is 0 Å². The van der Waals surface area contributed by atoms with Crippen molar-refractivity contribution in [1.82, 2.24) is 4.98 Å². The van der Waals surface area contributed by atoms with Crippen LogP contribution in [-0.2, 0) is 12.8 Å². The Balaban J connectivity index is 1.87. The molecule has 3 nitrogen and oxygen atoms in total. The van der Waals surface area contributed by atoms with Crippen molar-refractivity contribution in [3.8, 4) is 0 Å². The average molecular weight is 293 g/mol. The molecular weight excluding hydrogens is 274 g/mol. The molecule has 3 rings (SSSR count). The summed E-state index contributed by atoms with van der Waals surface area (Å²) >= 11 is 0. The lowest BCUT2D eigenvalue weighted by atomic mass is 10.0. The summed E-state index contributed by atoms with van der Waals surface area (Å²) in [6.45, 7) is 0.185. The van der Waals surface area contributed by atoms with Gasteiger partial charge >= 0.3 is 0 Å². The Morgan fingerprint density at radius 2 is 1.86 bits per heavy atom. The van der Waals surface area contributed by atoms with Gasteiger partial charge in [0.25, 0.3) is 0 Å². The van der Waals surface area contributed by atoms with Crippen LogP contribution in [0.3, 0.4) is 0 Å². The van der Waals surface area contributed by atoms with Crippen LogP contribution in [0.4, 0.5) is 0 Å². The molecule has 1 heterocycles. The van der Waals surface area contributed by atoms with E-state index in [4.69, 9.17) is 5.11 Å². The first-order chi connectivity index (χ1) is 10.8. The first-order valence-electron chi connectivity index (χ1n) is 7.56. The number of carbonyl (C=O) groups is 1. The number of carbonyl (C=O) groups excluding carboxylic acids is 1. The molecule has 22 heavy (non-hydrogen) atoms. The van der Waals surface area contributed by atoms with Gasteiger partial charge in [-0.1, -0.05) is 36.4 Å². The Morgan fingerprint density at radius 3 is 2.64 bits per heavy atom. The predicted octanol–water partition coefficient (Wildman–Crippen LogP) is 3.52. The molecular formula is C19H19NO2. The molecule has 3 heteroatoms. The summed E-state index contributed by atoms with van der Waals surface area (Å²) in [7, 11) is 0. The number of Topliss-reactive ketones (excluding diaryl/α,β-unsaturated/α-hetero) is 1. The molecule has 1 aromatic heterocycles. The van der Waals surface area contributed by atoms with Gasteiger partial charge in [0.15, 0.2) is 5.78 Å². The number of fused-ring (bicyclic) bond motifs is 1. The minimum absolute atomic E-state index is 0.122. The van der Waals surface area contributed by atoms with E-state index in [9.17, 15) is 4.79 Å². The third-order valence-electron chi connectivity index (χ3n) is 3.88. The first-order valence-corrected chi connectivity index (χ1v) is 7.56. The average Bonchev–Trinajstić information content (AvgIpc) is 2.97. The number of aryl methyl sites for hydroxylation is 1. The molecule has 0 radical (unpaired) electrons. The summed E-state index contributed by atoms with van der Waals surface area (Å²) in [6, 6.07) is 15.9. The Morgan fingerprint density at radius 1 is 1.05 bits per heavy atom. The predicted molar refractivity (Wildman–Crippen MR) is 88.2 cm³/mol. The molecule has 0 fully saturated rings. The summed E-state index contributed by atoms with van der Waals surface area (Å²) in [4.78, 5) is 15.7. The largest absolute Gasteiger partial charge is 0.396 e. The van der Waals surface area contributed by atoms with Crippen molar-refractivity contribution in [2.45, 2.75) is 19.3 Å². The van der Waals surface area contributed by atoms with Gasteiger partial charge in [0.2, 0.25) is 0 Å². The van der Waals surface area contributed by atoms with Crippen molar-refractivity contribution >= 4 is 16.7 Å². The minimum Gasteiger partial charge on any atom is -0.396 e. The van der Waals surface area contributed by atoms with Gasteiger partial charge in [-0.2, -0.15) is 0 Å². The number of rotatable bonds is 6. The zero-order chi connectivity index (χ0) is 15.4. The van der Waals surface area contributed by atoms with E-state index in [-0.39, 0.29) is 12.4 Å². The number of aromatic amines is 1. The van der Waals surface area contributed by atoms with Crippen LogP contribution in [0.5, 0.6) is 0 Å². The maximum Gasteiger partial charge on any atom is 0.169 e. The van der Waals surface area contributed by atoms with Gasteiger partial charge < -0.3 is 10.1 Å². The molecule has 3 aromatic rings. The van der Waals surface area contributed by atoms with E-state index in [1.165, 1.54) is 0 Å². The Bertz CT molecular complexity index is 774. The highest BCUT2D eigenvalue weighted by Crippen LogP contribution is 2.22. The highest BCUT2D eigenvalue weighted by atomic mass is 16.2. The van der Waals surface area contributed by atoms with Crippen LogP contribution < -0.4 is 0 Å². The van der Waals surface area contributed by atoms with Crippen molar-refractivity contribution in [2.75, 3.05) is 6.61 Å². The van der Waals surface area contributed by atoms with Crippen LogP contribution >= 0.6 is 0 Å². The molecule has 0 atom stereocenters. The molecule has 2 aromatic carbocycles. The quantitative estimate of drug-likeness (QED) is 0.683. The van der Waals surface area contributed by atoms with Crippen molar-refractivity contribution < 1.29 is 9.90 Å². The fraction of sp³-hybridized carbons (Fsp3) is 0.211. The molecule has 0 aliphatic carbocycles. The van der Waals surface area contributed by atoms with Crippen LogP contribution in [0, 0.1) is 0 Å². The van der Waals surface area contributed by atoms with Crippen LogP contribution in [-0.4, -0.2) is 22.5 Å². The zero-order valence-electron chi connectivity index (χ0n) is 12.4. The first kappa shape index (κ1) is 14.5. The minimum atomic E-state index is 0.122.